The third kappa shape index (κ3) is 2.96. The second-order valence-corrected chi connectivity index (χ2v) is 7.15. The number of nitrogens with zero attached hydrogens (tertiary/aromatic N) is 4. The molecule has 0 amide bonds. The standard InChI is InChI=1S/C17H18BrN5O2/c1-10-7-12(18)8-11(2)14(10)22-9-13-15(21-22)19-17(20-16(13)24)23-5-3-4-6-25-23/h7-9H,3-6H2,1-2H3,(H,19,20,21,24). The van der Waals surface area contributed by atoms with Crippen LogP contribution in [0.2, 0.25) is 0 Å². The number of hydroxylamine groups is 1. The minimum Gasteiger partial charge on any atom is -0.290 e. The van der Waals surface area contributed by atoms with E-state index in [2.05, 4.69) is 31.0 Å². The second kappa shape index (κ2) is 6.27. The molecule has 25 heavy (non-hydrogen) atoms. The van der Waals surface area contributed by atoms with Crippen LogP contribution in [0.25, 0.3) is 16.7 Å². The van der Waals surface area contributed by atoms with Gasteiger partial charge in [-0.1, -0.05) is 15.9 Å². The van der Waals surface area contributed by atoms with Gasteiger partial charge in [0, 0.05) is 17.2 Å². The highest BCUT2D eigenvalue weighted by Gasteiger charge is 2.18. The number of rotatable bonds is 2. The lowest BCUT2D eigenvalue weighted by atomic mass is 10.1. The lowest BCUT2D eigenvalue weighted by molar-refractivity contribution is 0.0743. The summed E-state index contributed by atoms with van der Waals surface area (Å²) in [5.41, 5.74) is 3.28. The SMILES string of the molecule is Cc1cc(Br)cc(C)c1-n1cc2c(=O)[nH]c(N3CCCCO3)nc2n1. The topological polar surface area (TPSA) is 76.0 Å². The molecule has 0 saturated carbocycles. The maximum atomic E-state index is 12.5. The Morgan fingerprint density at radius 1 is 1.24 bits per heavy atom. The highest BCUT2D eigenvalue weighted by atomic mass is 79.9. The summed E-state index contributed by atoms with van der Waals surface area (Å²) in [5, 5.41) is 6.64. The maximum absolute atomic E-state index is 12.5. The molecular weight excluding hydrogens is 386 g/mol. The first-order chi connectivity index (χ1) is 12.0. The average Bonchev–Trinajstić information content (AvgIpc) is 2.99. The molecule has 1 aliphatic heterocycles. The smallest absolute Gasteiger partial charge is 0.263 e. The molecule has 2 aromatic heterocycles. The van der Waals surface area contributed by atoms with Gasteiger partial charge in [-0.3, -0.25) is 14.6 Å². The van der Waals surface area contributed by atoms with Crippen LogP contribution in [0.5, 0.6) is 0 Å². The Labute approximate surface area is 152 Å². The van der Waals surface area contributed by atoms with Gasteiger partial charge in [0.15, 0.2) is 5.65 Å². The fraction of sp³-hybridized carbons (Fsp3) is 0.353. The van der Waals surface area contributed by atoms with Gasteiger partial charge in [-0.05, 0) is 49.9 Å². The third-order valence-corrected chi connectivity index (χ3v) is 4.76. The number of aryl methyl sites for hydroxylation is 2. The Kier molecular flexibility index (Phi) is 4.09. The minimum atomic E-state index is -0.215. The Morgan fingerprint density at radius 2 is 2.00 bits per heavy atom. The van der Waals surface area contributed by atoms with Crippen LogP contribution in [0.4, 0.5) is 5.95 Å². The zero-order chi connectivity index (χ0) is 17.6. The van der Waals surface area contributed by atoms with Crippen molar-refractivity contribution in [1.82, 2.24) is 19.7 Å². The van der Waals surface area contributed by atoms with E-state index in [1.165, 1.54) is 0 Å². The lowest BCUT2D eigenvalue weighted by Crippen LogP contribution is -2.32. The first-order valence-corrected chi connectivity index (χ1v) is 8.99. The highest BCUT2D eigenvalue weighted by molar-refractivity contribution is 9.10. The Bertz CT molecular complexity index is 981. The number of hydrogen-bond donors (Lipinski definition) is 1. The molecule has 1 aromatic carbocycles. The van der Waals surface area contributed by atoms with Crippen molar-refractivity contribution >= 4 is 32.9 Å². The molecular formula is C17H18BrN5O2. The van der Waals surface area contributed by atoms with Crippen molar-refractivity contribution in [2.24, 2.45) is 0 Å². The summed E-state index contributed by atoms with van der Waals surface area (Å²) >= 11 is 3.50. The predicted molar refractivity (Wildman–Crippen MR) is 99.2 cm³/mol. The number of halogens is 1. The van der Waals surface area contributed by atoms with E-state index in [1.807, 2.05) is 26.0 Å². The van der Waals surface area contributed by atoms with Gasteiger partial charge in [0.2, 0.25) is 5.95 Å². The van der Waals surface area contributed by atoms with Crippen LogP contribution in [0, 0.1) is 13.8 Å². The summed E-state index contributed by atoms with van der Waals surface area (Å²) in [6, 6.07) is 4.05. The molecule has 0 atom stereocenters. The first-order valence-electron chi connectivity index (χ1n) is 8.20. The molecule has 130 valence electrons. The molecule has 1 N–H and O–H groups in total. The molecule has 0 aliphatic carbocycles. The Hall–Kier alpha value is -2.19. The first kappa shape index (κ1) is 16.3. The molecule has 1 saturated heterocycles. The van der Waals surface area contributed by atoms with Gasteiger partial charge in [-0.2, -0.15) is 4.98 Å². The summed E-state index contributed by atoms with van der Waals surface area (Å²) in [6.45, 7) is 5.38. The van der Waals surface area contributed by atoms with E-state index in [0.717, 1.165) is 34.1 Å². The molecule has 1 fully saturated rings. The number of anilines is 1. The van der Waals surface area contributed by atoms with Crippen molar-refractivity contribution in [3.05, 3.63) is 44.3 Å². The molecule has 0 radical (unpaired) electrons. The molecule has 0 spiro atoms. The van der Waals surface area contributed by atoms with Crippen LogP contribution in [0.3, 0.4) is 0 Å². The van der Waals surface area contributed by atoms with Crippen molar-refractivity contribution in [3.63, 3.8) is 0 Å². The third-order valence-electron chi connectivity index (χ3n) is 4.30. The summed E-state index contributed by atoms with van der Waals surface area (Å²) in [5.74, 6) is 0.409. The van der Waals surface area contributed by atoms with Crippen molar-refractivity contribution in [2.75, 3.05) is 18.2 Å². The van der Waals surface area contributed by atoms with Gasteiger partial charge in [0.1, 0.15) is 5.39 Å². The van der Waals surface area contributed by atoms with E-state index in [9.17, 15) is 4.79 Å². The van der Waals surface area contributed by atoms with E-state index in [-0.39, 0.29) is 5.56 Å². The normalized spacial score (nSPS) is 15.1. The molecule has 1 aliphatic rings. The van der Waals surface area contributed by atoms with E-state index >= 15 is 0 Å². The Balaban J connectivity index is 1.83. The molecule has 3 aromatic rings. The van der Waals surface area contributed by atoms with Gasteiger partial charge in [-0.15, -0.1) is 5.10 Å². The van der Waals surface area contributed by atoms with E-state index < -0.39 is 0 Å². The van der Waals surface area contributed by atoms with Gasteiger partial charge in [-0.25, -0.2) is 9.75 Å². The summed E-state index contributed by atoms with van der Waals surface area (Å²) in [4.78, 5) is 25.3. The zero-order valence-corrected chi connectivity index (χ0v) is 15.6. The van der Waals surface area contributed by atoms with Crippen LogP contribution in [-0.2, 0) is 4.84 Å². The van der Waals surface area contributed by atoms with Gasteiger partial charge >= 0.3 is 0 Å². The number of fused-ring (bicyclic) bond motifs is 1. The van der Waals surface area contributed by atoms with Crippen molar-refractivity contribution in [2.45, 2.75) is 26.7 Å². The quantitative estimate of drug-likeness (QED) is 0.711. The van der Waals surface area contributed by atoms with Crippen LogP contribution in [0.1, 0.15) is 24.0 Å². The number of aromatic amines is 1. The van der Waals surface area contributed by atoms with Crippen molar-refractivity contribution < 1.29 is 4.84 Å². The minimum absolute atomic E-state index is 0.215. The van der Waals surface area contributed by atoms with Gasteiger partial charge < -0.3 is 0 Å². The van der Waals surface area contributed by atoms with Crippen LogP contribution < -0.4 is 10.6 Å². The number of nitrogens with one attached hydrogen (secondary N) is 1. The maximum Gasteiger partial charge on any atom is 0.263 e. The monoisotopic (exact) mass is 403 g/mol. The van der Waals surface area contributed by atoms with Crippen LogP contribution in [0.15, 0.2) is 27.6 Å². The Morgan fingerprint density at radius 3 is 2.68 bits per heavy atom. The fourth-order valence-corrected chi connectivity index (χ4v) is 3.85. The summed E-state index contributed by atoms with van der Waals surface area (Å²) in [6.07, 6.45) is 3.75. The van der Waals surface area contributed by atoms with E-state index in [4.69, 9.17) is 4.84 Å². The number of benzene rings is 1. The van der Waals surface area contributed by atoms with Crippen molar-refractivity contribution in [1.29, 1.82) is 0 Å². The zero-order valence-electron chi connectivity index (χ0n) is 14.0. The molecule has 3 heterocycles. The average molecular weight is 404 g/mol. The molecule has 8 heteroatoms. The number of hydrogen-bond acceptors (Lipinski definition) is 5. The summed E-state index contributed by atoms with van der Waals surface area (Å²) in [7, 11) is 0. The number of H-pyrrole nitrogens is 1. The molecule has 0 bridgehead atoms. The second-order valence-electron chi connectivity index (χ2n) is 6.23. The largest absolute Gasteiger partial charge is 0.290 e. The van der Waals surface area contributed by atoms with E-state index in [1.54, 1.807) is 15.9 Å². The molecule has 0 unspecified atom stereocenters. The summed E-state index contributed by atoms with van der Waals surface area (Å²) < 4.78 is 2.74. The van der Waals surface area contributed by atoms with Gasteiger partial charge in [0.05, 0.1) is 12.3 Å². The molecule has 7 nitrogen and oxygen atoms in total. The van der Waals surface area contributed by atoms with Crippen LogP contribution >= 0.6 is 15.9 Å². The predicted octanol–water partition coefficient (Wildman–Crippen LogP) is 3.02. The lowest BCUT2D eigenvalue weighted by Gasteiger charge is -2.25. The fourth-order valence-electron chi connectivity index (χ4n) is 3.17. The highest BCUT2D eigenvalue weighted by Crippen LogP contribution is 2.25. The number of aromatic nitrogens is 4. The molecule has 4 rings (SSSR count). The van der Waals surface area contributed by atoms with Gasteiger partial charge in [0.25, 0.3) is 5.56 Å². The van der Waals surface area contributed by atoms with E-state index in [0.29, 0.717) is 30.1 Å². The van der Waals surface area contributed by atoms with Crippen LogP contribution in [-0.4, -0.2) is 32.9 Å². The van der Waals surface area contributed by atoms with Crippen molar-refractivity contribution in [3.8, 4) is 5.69 Å².